The average molecular weight is 121 g/mol. The van der Waals surface area contributed by atoms with Crippen LogP contribution < -0.4 is 6.15 Å². The van der Waals surface area contributed by atoms with E-state index in [0.717, 1.165) is 0 Å². The van der Waals surface area contributed by atoms with E-state index in [1.165, 1.54) is 13.8 Å². The summed E-state index contributed by atoms with van der Waals surface area (Å²) in [6, 6.07) is 0. The van der Waals surface area contributed by atoms with E-state index in [9.17, 15) is 9.59 Å². The van der Waals surface area contributed by atoms with E-state index in [0.29, 0.717) is 0 Å². The van der Waals surface area contributed by atoms with Crippen LogP contribution in [0.2, 0.25) is 0 Å². The number of hydrogen-bond donors (Lipinski definition) is 1. The Morgan fingerprint density at radius 3 is 1.12 bits per heavy atom. The summed E-state index contributed by atoms with van der Waals surface area (Å²) in [5.41, 5.74) is 0. The molecule has 0 aliphatic carbocycles. The molecule has 4 heteroatoms. The lowest BCUT2D eigenvalue weighted by Crippen LogP contribution is -2.01. The highest BCUT2D eigenvalue weighted by atomic mass is 16.2. The molecular weight excluding hydrogens is 110 g/mol. The lowest BCUT2D eigenvalue weighted by Gasteiger charge is -1.73. The Labute approximate surface area is 47.8 Å². The Morgan fingerprint density at radius 2 is 1.12 bits per heavy atom. The number of Topliss-reactive ketones (excluding diaryl/α,β-unsaturated/α-hetero) is 2. The fourth-order valence-electron chi connectivity index (χ4n) is 0. The van der Waals surface area contributed by atoms with Crippen LogP contribution in [0.1, 0.15) is 13.8 Å². The molecule has 0 heterocycles. The van der Waals surface area contributed by atoms with E-state index < -0.39 is 0 Å². The molecule has 0 aromatic carbocycles. The van der Waals surface area contributed by atoms with Crippen molar-refractivity contribution in [3.05, 3.63) is 0 Å². The SMILES string of the molecule is CC(=O)C(C)=O.N.O. The van der Waals surface area contributed by atoms with Gasteiger partial charge in [0.1, 0.15) is 0 Å². The molecule has 4 nitrogen and oxygen atoms in total. The molecule has 0 aromatic heterocycles. The largest absolute Gasteiger partial charge is 0.412 e. The van der Waals surface area contributed by atoms with Crippen molar-refractivity contribution in [2.24, 2.45) is 0 Å². The van der Waals surface area contributed by atoms with Gasteiger partial charge in [0.15, 0.2) is 11.6 Å². The smallest absolute Gasteiger partial charge is 0.195 e. The van der Waals surface area contributed by atoms with Crippen LogP contribution >= 0.6 is 0 Å². The van der Waals surface area contributed by atoms with Gasteiger partial charge in [0, 0.05) is 13.8 Å². The molecule has 0 fully saturated rings. The first-order valence-electron chi connectivity index (χ1n) is 1.66. The van der Waals surface area contributed by atoms with Gasteiger partial charge in [-0.1, -0.05) is 0 Å². The van der Waals surface area contributed by atoms with Crippen molar-refractivity contribution in [2.75, 3.05) is 0 Å². The van der Waals surface area contributed by atoms with Gasteiger partial charge in [0.25, 0.3) is 0 Å². The molecular formula is C4H11NO3. The molecule has 0 aliphatic rings. The van der Waals surface area contributed by atoms with Gasteiger partial charge in [-0.05, 0) is 0 Å². The Morgan fingerprint density at radius 1 is 1.00 bits per heavy atom. The second-order valence-corrected chi connectivity index (χ2v) is 1.11. The fourth-order valence-corrected chi connectivity index (χ4v) is 0. The molecule has 0 spiro atoms. The molecule has 0 aliphatic heterocycles. The third kappa shape index (κ3) is 8.98. The van der Waals surface area contributed by atoms with Crippen LogP contribution in [-0.4, -0.2) is 17.0 Å². The molecule has 8 heavy (non-hydrogen) atoms. The molecule has 0 atom stereocenters. The quantitative estimate of drug-likeness (QED) is 0.473. The standard InChI is InChI=1S/C4H6O2.H3N.H2O/c1-3(5)4(2)6;;/h1-2H3;1H3;1H2. The van der Waals surface area contributed by atoms with E-state index in [1.807, 2.05) is 0 Å². The van der Waals surface area contributed by atoms with Crippen LogP contribution in [0.25, 0.3) is 0 Å². The van der Waals surface area contributed by atoms with Gasteiger partial charge in [0.2, 0.25) is 0 Å². The van der Waals surface area contributed by atoms with Crippen molar-refractivity contribution in [1.82, 2.24) is 6.15 Å². The van der Waals surface area contributed by atoms with Gasteiger partial charge in [-0.25, -0.2) is 0 Å². The molecule has 0 rings (SSSR count). The molecule has 0 radical (unpaired) electrons. The first kappa shape index (κ1) is 15.7. The number of carbonyl (C=O) groups is 2. The second kappa shape index (κ2) is 6.26. The maximum absolute atomic E-state index is 9.79. The highest BCUT2D eigenvalue weighted by Gasteiger charge is 1.94. The van der Waals surface area contributed by atoms with Crippen LogP contribution in [-0.2, 0) is 9.59 Å². The minimum absolute atomic E-state index is 0. The molecule has 0 saturated carbocycles. The lowest BCUT2D eigenvalue weighted by atomic mass is 10.3. The molecule has 0 unspecified atom stereocenters. The van der Waals surface area contributed by atoms with Gasteiger partial charge in [-0.3, -0.25) is 9.59 Å². The van der Waals surface area contributed by atoms with Gasteiger partial charge >= 0.3 is 0 Å². The highest BCUT2D eigenvalue weighted by Crippen LogP contribution is 1.66. The predicted molar refractivity (Wildman–Crippen MR) is 30.0 cm³/mol. The third-order valence-electron chi connectivity index (χ3n) is 0.496. The molecule has 0 aromatic rings. The van der Waals surface area contributed by atoms with Crippen LogP contribution in [0.3, 0.4) is 0 Å². The first-order chi connectivity index (χ1) is 2.64. The average Bonchev–Trinajstić information content (AvgIpc) is 1.36. The van der Waals surface area contributed by atoms with Crippen LogP contribution in [0.15, 0.2) is 0 Å². The number of ketones is 2. The topological polar surface area (TPSA) is 101 Å². The molecule has 50 valence electrons. The summed E-state index contributed by atoms with van der Waals surface area (Å²) >= 11 is 0. The summed E-state index contributed by atoms with van der Waals surface area (Å²) in [5.74, 6) is -0.759. The van der Waals surface area contributed by atoms with Gasteiger partial charge in [0.05, 0.1) is 0 Å². The molecule has 0 saturated heterocycles. The zero-order valence-electron chi connectivity index (χ0n) is 5.02. The fraction of sp³-hybridized carbons (Fsp3) is 0.500. The van der Waals surface area contributed by atoms with E-state index >= 15 is 0 Å². The van der Waals surface area contributed by atoms with E-state index in [-0.39, 0.29) is 23.2 Å². The van der Waals surface area contributed by atoms with Crippen molar-refractivity contribution in [1.29, 1.82) is 0 Å². The summed E-state index contributed by atoms with van der Waals surface area (Å²) < 4.78 is 0. The van der Waals surface area contributed by atoms with E-state index in [1.54, 1.807) is 0 Å². The second-order valence-electron chi connectivity index (χ2n) is 1.11. The third-order valence-corrected chi connectivity index (χ3v) is 0.496. The Hall–Kier alpha value is -0.740. The van der Waals surface area contributed by atoms with Crippen molar-refractivity contribution in [3.63, 3.8) is 0 Å². The predicted octanol–water partition coefficient (Wildman–Crippen LogP) is -0.498. The first-order valence-corrected chi connectivity index (χ1v) is 1.66. The monoisotopic (exact) mass is 121 g/mol. The molecule has 0 bridgehead atoms. The lowest BCUT2D eigenvalue weighted by molar-refractivity contribution is -0.134. The van der Waals surface area contributed by atoms with E-state index in [4.69, 9.17) is 0 Å². The van der Waals surface area contributed by atoms with Crippen LogP contribution in [0.5, 0.6) is 0 Å². The summed E-state index contributed by atoms with van der Waals surface area (Å²) in [7, 11) is 0. The maximum atomic E-state index is 9.79. The highest BCUT2D eigenvalue weighted by molar-refractivity contribution is 6.35. The van der Waals surface area contributed by atoms with Gasteiger partial charge in [-0.2, -0.15) is 0 Å². The Kier molecular flexibility index (Phi) is 12.3. The van der Waals surface area contributed by atoms with Crippen molar-refractivity contribution in [3.8, 4) is 0 Å². The molecule has 5 N–H and O–H groups in total. The van der Waals surface area contributed by atoms with Crippen LogP contribution in [0.4, 0.5) is 0 Å². The zero-order valence-corrected chi connectivity index (χ0v) is 5.02. The summed E-state index contributed by atoms with van der Waals surface area (Å²) in [6.45, 7) is 2.50. The summed E-state index contributed by atoms with van der Waals surface area (Å²) in [4.78, 5) is 19.6. The van der Waals surface area contributed by atoms with Crippen molar-refractivity contribution in [2.45, 2.75) is 13.8 Å². The number of rotatable bonds is 1. The minimum Gasteiger partial charge on any atom is -0.412 e. The number of carbonyl (C=O) groups excluding carboxylic acids is 2. The summed E-state index contributed by atoms with van der Waals surface area (Å²) in [6.07, 6.45) is 0. The minimum atomic E-state index is -0.380. The summed E-state index contributed by atoms with van der Waals surface area (Å²) in [5, 5.41) is 0. The maximum Gasteiger partial charge on any atom is 0.195 e. The Bertz CT molecular complexity index is 77.3. The Balaban J connectivity index is -0.000000125. The van der Waals surface area contributed by atoms with E-state index in [2.05, 4.69) is 0 Å². The number of hydrogen-bond acceptors (Lipinski definition) is 3. The molecule has 0 amide bonds. The van der Waals surface area contributed by atoms with Crippen LogP contribution in [0, 0.1) is 0 Å². The van der Waals surface area contributed by atoms with Crippen molar-refractivity contribution >= 4 is 11.6 Å². The van der Waals surface area contributed by atoms with Gasteiger partial charge < -0.3 is 11.6 Å². The zero-order chi connectivity index (χ0) is 5.15. The van der Waals surface area contributed by atoms with Gasteiger partial charge in [-0.15, -0.1) is 0 Å². The normalized spacial score (nSPS) is 5.75. The van der Waals surface area contributed by atoms with Crippen molar-refractivity contribution < 1.29 is 15.1 Å².